The number of rotatable bonds is 8. The van der Waals surface area contributed by atoms with Gasteiger partial charge in [0.2, 0.25) is 0 Å². The third-order valence-corrected chi connectivity index (χ3v) is 3.87. The Morgan fingerprint density at radius 3 is 2.31 bits per heavy atom. The second kappa shape index (κ2) is 9.18. The molecule has 0 radical (unpaired) electrons. The predicted molar refractivity (Wildman–Crippen MR) is 98.6 cm³/mol. The fraction of sp³-hybridized carbons (Fsp3) is 0.190. The van der Waals surface area contributed by atoms with Gasteiger partial charge in [-0.15, -0.1) is 0 Å². The monoisotopic (exact) mass is 405 g/mol. The maximum absolute atomic E-state index is 12.4. The van der Waals surface area contributed by atoms with Gasteiger partial charge in [0.25, 0.3) is 5.91 Å². The summed E-state index contributed by atoms with van der Waals surface area (Å²) in [7, 11) is 0. The number of benzene rings is 2. The first kappa shape index (κ1) is 20.3. The Morgan fingerprint density at radius 2 is 1.62 bits per heavy atom. The van der Waals surface area contributed by atoms with Crippen molar-refractivity contribution in [3.63, 3.8) is 0 Å². The van der Waals surface area contributed by atoms with Crippen molar-refractivity contribution in [1.29, 1.82) is 0 Å². The molecule has 5 nitrogen and oxygen atoms in total. The highest BCUT2D eigenvalue weighted by molar-refractivity contribution is 5.92. The van der Waals surface area contributed by atoms with Crippen LogP contribution >= 0.6 is 0 Å². The molecule has 0 aliphatic heterocycles. The van der Waals surface area contributed by atoms with Crippen molar-refractivity contribution in [2.75, 3.05) is 6.61 Å². The number of hydrogen-bond acceptors (Lipinski definition) is 4. The van der Waals surface area contributed by atoms with E-state index in [9.17, 15) is 18.0 Å². The van der Waals surface area contributed by atoms with E-state index in [1.807, 2.05) is 30.3 Å². The van der Waals surface area contributed by atoms with Gasteiger partial charge in [0.15, 0.2) is 12.4 Å². The van der Waals surface area contributed by atoms with E-state index in [4.69, 9.17) is 9.15 Å². The Balaban J connectivity index is 1.51. The van der Waals surface area contributed by atoms with Crippen LogP contribution in [0.4, 0.5) is 13.2 Å². The molecule has 2 aromatic carbocycles. The molecule has 1 heterocycles. The van der Waals surface area contributed by atoms with E-state index in [1.54, 1.807) is 18.2 Å². The molecule has 0 saturated carbocycles. The summed E-state index contributed by atoms with van der Waals surface area (Å²) in [6.45, 7) is -0.998. The zero-order valence-corrected chi connectivity index (χ0v) is 15.2. The summed E-state index contributed by atoms with van der Waals surface area (Å²) < 4.78 is 52.0. The first-order chi connectivity index (χ1) is 13.9. The molecule has 1 amide bonds. The molecule has 0 aliphatic carbocycles. The van der Waals surface area contributed by atoms with Crippen molar-refractivity contribution in [2.45, 2.75) is 19.3 Å². The minimum atomic E-state index is -4.39. The first-order valence-electron chi connectivity index (χ1n) is 8.71. The van der Waals surface area contributed by atoms with Gasteiger partial charge in [-0.2, -0.15) is 13.2 Å². The number of hydrogen-bond donors (Lipinski definition) is 1. The van der Waals surface area contributed by atoms with Gasteiger partial charge < -0.3 is 19.2 Å². The molecule has 8 heteroatoms. The average Bonchev–Trinajstić information content (AvgIpc) is 3.19. The molecular formula is C21H18F3NO4. The zero-order chi connectivity index (χ0) is 20.7. The molecule has 0 spiro atoms. The van der Waals surface area contributed by atoms with E-state index in [1.165, 1.54) is 18.4 Å². The number of alkyl halides is 3. The number of carbonyl (C=O) groups is 1. The van der Waals surface area contributed by atoms with Gasteiger partial charge in [-0.3, -0.25) is 4.79 Å². The second-order valence-electron chi connectivity index (χ2n) is 6.11. The fourth-order valence-corrected chi connectivity index (χ4v) is 2.46. The van der Waals surface area contributed by atoms with Gasteiger partial charge in [0.1, 0.15) is 18.1 Å². The van der Waals surface area contributed by atoms with Crippen molar-refractivity contribution in [3.05, 3.63) is 83.8 Å². The lowest BCUT2D eigenvalue weighted by molar-refractivity contribution is -0.153. The molecule has 0 unspecified atom stereocenters. The predicted octanol–water partition coefficient (Wildman–Crippen LogP) is 4.73. The molecule has 29 heavy (non-hydrogen) atoms. The third kappa shape index (κ3) is 6.31. The highest BCUT2D eigenvalue weighted by atomic mass is 19.4. The van der Waals surface area contributed by atoms with Crippen molar-refractivity contribution in [1.82, 2.24) is 5.32 Å². The first-order valence-corrected chi connectivity index (χ1v) is 8.71. The molecule has 152 valence electrons. The largest absolute Gasteiger partial charge is 0.489 e. The smallest absolute Gasteiger partial charge is 0.422 e. The van der Waals surface area contributed by atoms with Crippen molar-refractivity contribution in [2.24, 2.45) is 0 Å². The molecule has 3 aromatic rings. The Labute approximate surface area is 165 Å². The Morgan fingerprint density at radius 1 is 0.931 bits per heavy atom. The van der Waals surface area contributed by atoms with Crippen LogP contribution in [0.2, 0.25) is 0 Å². The molecular weight excluding hydrogens is 387 g/mol. The molecule has 1 aromatic heterocycles. The summed E-state index contributed by atoms with van der Waals surface area (Å²) in [5.74, 6) is 0.502. The highest BCUT2D eigenvalue weighted by Gasteiger charge is 2.28. The Bertz CT molecular complexity index is 921. The van der Waals surface area contributed by atoms with E-state index >= 15 is 0 Å². The maximum Gasteiger partial charge on any atom is 0.422 e. The van der Waals surface area contributed by atoms with Crippen LogP contribution < -0.4 is 14.8 Å². The van der Waals surface area contributed by atoms with Gasteiger partial charge in [0.05, 0.1) is 6.26 Å². The Kier molecular flexibility index (Phi) is 6.43. The lowest BCUT2D eigenvalue weighted by atomic mass is 10.2. The minimum Gasteiger partial charge on any atom is -0.489 e. The van der Waals surface area contributed by atoms with Gasteiger partial charge in [-0.05, 0) is 35.9 Å². The van der Waals surface area contributed by atoms with Crippen molar-refractivity contribution in [3.8, 4) is 11.5 Å². The van der Waals surface area contributed by atoms with Gasteiger partial charge in [-0.25, -0.2) is 0 Å². The SMILES string of the molecule is O=C(NCc1ccc(OCC(F)(F)F)cc1)c1occc1COc1ccccc1. The molecule has 0 saturated heterocycles. The number of para-hydroxylation sites is 1. The highest BCUT2D eigenvalue weighted by Crippen LogP contribution is 2.19. The molecule has 0 aliphatic rings. The van der Waals surface area contributed by atoms with E-state index < -0.39 is 18.7 Å². The van der Waals surface area contributed by atoms with Crippen LogP contribution in [0.1, 0.15) is 21.7 Å². The van der Waals surface area contributed by atoms with Crippen LogP contribution in [0.5, 0.6) is 11.5 Å². The molecule has 0 atom stereocenters. The topological polar surface area (TPSA) is 60.7 Å². The summed E-state index contributed by atoms with van der Waals surface area (Å²) in [6.07, 6.45) is -2.98. The Hall–Kier alpha value is -3.42. The van der Waals surface area contributed by atoms with Crippen molar-refractivity contribution >= 4 is 5.91 Å². The van der Waals surface area contributed by atoms with Crippen molar-refractivity contribution < 1.29 is 31.9 Å². The van der Waals surface area contributed by atoms with Crippen LogP contribution in [0.25, 0.3) is 0 Å². The summed E-state index contributed by atoms with van der Waals surface area (Å²) in [5.41, 5.74) is 1.30. The van der Waals surface area contributed by atoms with E-state index in [2.05, 4.69) is 10.1 Å². The van der Waals surface area contributed by atoms with Crippen LogP contribution in [0.15, 0.2) is 71.3 Å². The van der Waals surface area contributed by atoms with Crippen LogP contribution in [-0.4, -0.2) is 18.7 Å². The quantitative estimate of drug-likeness (QED) is 0.589. The maximum atomic E-state index is 12.4. The zero-order valence-electron chi connectivity index (χ0n) is 15.2. The molecule has 3 rings (SSSR count). The third-order valence-electron chi connectivity index (χ3n) is 3.87. The number of furan rings is 1. The number of carbonyl (C=O) groups excluding carboxylic acids is 1. The standard InChI is InChI=1S/C21H18F3NO4/c22-21(23,24)14-29-18-8-6-15(7-9-18)12-25-20(26)19-16(10-11-27-19)13-28-17-4-2-1-3-5-17/h1-11H,12-14H2,(H,25,26). The number of nitrogens with one attached hydrogen (secondary N) is 1. The minimum absolute atomic E-state index is 0.101. The molecule has 0 bridgehead atoms. The summed E-state index contributed by atoms with van der Waals surface area (Å²) in [6, 6.07) is 16.8. The average molecular weight is 405 g/mol. The fourth-order valence-electron chi connectivity index (χ4n) is 2.46. The normalized spacial score (nSPS) is 11.1. The molecule has 0 fully saturated rings. The summed E-state index contributed by atoms with van der Waals surface area (Å²) in [5, 5.41) is 2.71. The van der Waals surface area contributed by atoms with Crippen LogP contribution in [-0.2, 0) is 13.2 Å². The van der Waals surface area contributed by atoms with Gasteiger partial charge in [0, 0.05) is 12.1 Å². The lowest BCUT2D eigenvalue weighted by Crippen LogP contribution is -2.23. The van der Waals surface area contributed by atoms with E-state index in [0.29, 0.717) is 16.9 Å². The van der Waals surface area contributed by atoms with Crippen LogP contribution in [0.3, 0.4) is 0 Å². The lowest BCUT2D eigenvalue weighted by Gasteiger charge is -2.10. The number of ether oxygens (including phenoxy) is 2. The van der Waals surface area contributed by atoms with E-state index in [0.717, 1.165) is 0 Å². The van der Waals surface area contributed by atoms with Gasteiger partial charge in [-0.1, -0.05) is 30.3 Å². The van der Waals surface area contributed by atoms with E-state index in [-0.39, 0.29) is 24.7 Å². The summed E-state index contributed by atoms with van der Waals surface area (Å²) >= 11 is 0. The van der Waals surface area contributed by atoms with Gasteiger partial charge >= 0.3 is 6.18 Å². The summed E-state index contributed by atoms with van der Waals surface area (Å²) in [4.78, 5) is 12.4. The number of halogens is 3. The molecule has 1 N–H and O–H groups in total. The second-order valence-corrected chi connectivity index (χ2v) is 6.11. The van der Waals surface area contributed by atoms with Crippen LogP contribution in [0, 0.1) is 0 Å². The number of amides is 1.